The first-order valence-electron chi connectivity index (χ1n) is 8.25. The predicted molar refractivity (Wildman–Crippen MR) is 93.9 cm³/mol. The van der Waals surface area contributed by atoms with Gasteiger partial charge in [0.1, 0.15) is 0 Å². The SMILES string of the molecule is O=C(/C=C/c1ccc(C(F)(F)F)cc1)OCC(=O)N1CCc2ccccc21. The van der Waals surface area contributed by atoms with E-state index in [0.29, 0.717) is 12.1 Å². The number of alkyl halides is 3. The van der Waals surface area contributed by atoms with E-state index in [9.17, 15) is 22.8 Å². The number of nitrogens with zero attached hydrogens (tertiary/aromatic N) is 1. The summed E-state index contributed by atoms with van der Waals surface area (Å²) < 4.78 is 42.4. The van der Waals surface area contributed by atoms with Gasteiger partial charge in [-0.1, -0.05) is 30.3 Å². The van der Waals surface area contributed by atoms with E-state index in [2.05, 4.69) is 0 Å². The van der Waals surface area contributed by atoms with Crippen molar-refractivity contribution in [2.75, 3.05) is 18.1 Å². The van der Waals surface area contributed by atoms with Crippen LogP contribution in [0.1, 0.15) is 16.7 Å². The summed E-state index contributed by atoms with van der Waals surface area (Å²) in [5, 5.41) is 0. The molecule has 1 aliphatic rings. The van der Waals surface area contributed by atoms with Gasteiger partial charge in [0.05, 0.1) is 5.56 Å². The molecule has 2 aromatic rings. The number of carbonyl (C=O) groups is 2. The van der Waals surface area contributed by atoms with Crippen LogP contribution in [0.4, 0.5) is 18.9 Å². The van der Waals surface area contributed by atoms with Gasteiger partial charge in [0.2, 0.25) is 0 Å². The number of carbonyl (C=O) groups excluding carboxylic acids is 2. The molecule has 0 atom stereocenters. The lowest BCUT2D eigenvalue weighted by atomic mass is 10.1. The van der Waals surface area contributed by atoms with Gasteiger partial charge in [-0.2, -0.15) is 13.2 Å². The summed E-state index contributed by atoms with van der Waals surface area (Å²) in [6.45, 7) is 0.141. The summed E-state index contributed by atoms with van der Waals surface area (Å²) in [4.78, 5) is 25.6. The van der Waals surface area contributed by atoms with Gasteiger partial charge in [0.15, 0.2) is 6.61 Å². The van der Waals surface area contributed by atoms with Gasteiger partial charge < -0.3 is 9.64 Å². The third-order valence-corrected chi connectivity index (χ3v) is 4.18. The Labute approximate surface area is 153 Å². The fourth-order valence-corrected chi connectivity index (χ4v) is 2.80. The average Bonchev–Trinajstić information content (AvgIpc) is 3.08. The molecule has 1 aliphatic heterocycles. The van der Waals surface area contributed by atoms with Crippen molar-refractivity contribution >= 4 is 23.6 Å². The van der Waals surface area contributed by atoms with E-state index in [0.717, 1.165) is 35.9 Å². The molecule has 0 spiro atoms. The van der Waals surface area contributed by atoms with E-state index in [1.165, 1.54) is 18.2 Å². The molecule has 27 heavy (non-hydrogen) atoms. The molecular formula is C20H16F3NO3. The Hall–Kier alpha value is -3.09. The smallest absolute Gasteiger partial charge is 0.416 e. The molecule has 0 saturated heterocycles. The zero-order chi connectivity index (χ0) is 19.4. The number of ether oxygens (including phenoxy) is 1. The number of rotatable bonds is 4. The first kappa shape index (κ1) is 18.7. The predicted octanol–water partition coefficient (Wildman–Crippen LogP) is 3.85. The zero-order valence-corrected chi connectivity index (χ0v) is 14.2. The van der Waals surface area contributed by atoms with Crippen LogP contribution < -0.4 is 4.90 Å². The van der Waals surface area contributed by atoms with Gasteiger partial charge in [-0.3, -0.25) is 4.79 Å². The van der Waals surface area contributed by atoms with Crippen LogP contribution in [0.5, 0.6) is 0 Å². The molecule has 0 N–H and O–H groups in total. The molecule has 0 unspecified atom stereocenters. The number of amides is 1. The fourth-order valence-electron chi connectivity index (χ4n) is 2.80. The second-order valence-corrected chi connectivity index (χ2v) is 5.98. The van der Waals surface area contributed by atoms with Crippen molar-refractivity contribution in [1.29, 1.82) is 0 Å². The van der Waals surface area contributed by atoms with E-state index in [4.69, 9.17) is 4.74 Å². The molecule has 2 aromatic carbocycles. The Kier molecular flexibility index (Phi) is 5.30. The van der Waals surface area contributed by atoms with Gasteiger partial charge in [-0.15, -0.1) is 0 Å². The Bertz CT molecular complexity index is 873. The monoisotopic (exact) mass is 375 g/mol. The molecule has 0 saturated carbocycles. The van der Waals surface area contributed by atoms with Crippen LogP contribution in [-0.4, -0.2) is 25.0 Å². The molecular weight excluding hydrogens is 359 g/mol. The van der Waals surface area contributed by atoms with Crippen LogP contribution in [0, 0.1) is 0 Å². The van der Waals surface area contributed by atoms with Crippen LogP contribution in [0.2, 0.25) is 0 Å². The maximum absolute atomic E-state index is 12.5. The van der Waals surface area contributed by atoms with Crippen molar-refractivity contribution in [3.05, 3.63) is 71.3 Å². The summed E-state index contributed by atoms with van der Waals surface area (Å²) in [5.74, 6) is -1.06. The van der Waals surface area contributed by atoms with Gasteiger partial charge >= 0.3 is 12.1 Å². The molecule has 0 aromatic heterocycles. The number of esters is 1. The number of anilines is 1. The molecule has 0 radical (unpaired) electrons. The third-order valence-electron chi connectivity index (χ3n) is 4.18. The van der Waals surface area contributed by atoms with Crippen molar-refractivity contribution < 1.29 is 27.5 Å². The number of halogens is 3. The van der Waals surface area contributed by atoms with Gasteiger partial charge in [0.25, 0.3) is 5.91 Å². The fraction of sp³-hybridized carbons (Fsp3) is 0.200. The second-order valence-electron chi connectivity index (χ2n) is 5.98. The number of para-hydroxylation sites is 1. The van der Waals surface area contributed by atoms with Crippen LogP contribution >= 0.6 is 0 Å². The highest BCUT2D eigenvalue weighted by Crippen LogP contribution is 2.29. The summed E-state index contributed by atoms with van der Waals surface area (Å²) in [6.07, 6.45) is -1.24. The minimum atomic E-state index is -4.41. The number of hydrogen-bond acceptors (Lipinski definition) is 3. The summed E-state index contributed by atoms with van der Waals surface area (Å²) in [6, 6.07) is 11.9. The molecule has 3 rings (SSSR count). The highest BCUT2D eigenvalue weighted by Gasteiger charge is 2.29. The van der Waals surface area contributed by atoms with Crippen LogP contribution in [0.25, 0.3) is 6.08 Å². The van der Waals surface area contributed by atoms with E-state index in [-0.39, 0.29) is 5.91 Å². The summed E-state index contributed by atoms with van der Waals surface area (Å²) in [5.41, 5.74) is 1.54. The normalized spacial score (nSPS) is 13.7. The molecule has 140 valence electrons. The van der Waals surface area contributed by atoms with E-state index >= 15 is 0 Å². The number of benzene rings is 2. The van der Waals surface area contributed by atoms with Crippen molar-refractivity contribution in [3.63, 3.8) is 0 Å². The van der Waals surface area contributed by atoms with Crippen molar-refractivity contribution in [1.82, 2.24) is 0 Å². The van der Waals surface area contributed by atoms with Crippen molar-refractivity contribution in [2.45, 2.75) is 12.6 Å². The first-order chi connectivity index (χ1) is 12.8. The largest absolute Gasteiger partial charge is 0.452 e. The van der Waals surface area contributed by atoms with Crippen molar-refractivity contribution in [3.8, 4) is 0 Å². The Balaban J connectivity index is 1.52. The van der Waals surface area contributed by atoms with E-state index in [1.807, 2.05) is 24.3 Å². The zero-order valence-electron chi connectivity index (χ0n) is 14.2. The first-order valence-corrected chi connectivity index (χ1v) is 8.25. The van der Waals surface area contributed by atoms with E-state index < -0.39 is 24.3 Å². The second kappa shape index (κ2) is 7.65. The standard InChI is InChI=1S/C20H16F3NO3/c21-20(22,23)16-8-5-14(6-9-16)7-10-19(26)27-13-18(25)24-12-11-15-3-1-2-4-17(15)24/h1-10H,11-13H2/b10-7+. The Morgan fingerprint density at radius 1 is 1.07 bits per heavy atom. The maximum atomic E-state index is 12.5. The van der Waals surface area contributed by atoms with Gasteiger partial charge in [-0.05, 0) is 41.8 Å². The summed E-state index contributed by atoms with van der Waals surface area (Å²) >= 11 is 0. The van der Waals surface area contributed by atoms with Crippen molar-refractivity contribution in [2.24, 2.45) is 0 Å². The third kappa shape index (κ3) is 4.55. The molecule has 4 nitrogen and oxygen atoms in total. The minimum Gasteiger partial charge on any atom is -0.452 e. The topological polar surface area (TPSA) is 46.6 Å². The Morgan fingerprint density at radius 3 is 2.48 bits per heavy atom. The quantitative estimate of drug-likeness (QED) is 0.602. The molecule has 7 heteroatoms. The van der Waals surface area contributed by atoms with Crippen LogP contribution in [-0.2, 0) is 26.9 Å². The maximum Gasteiger partial charge on any atom is 0.416 e. The lowest BCUT2D eigenvalue weighted by molar-refractivity contribution is -0.142. The van der Waals surface area contributed by atoms with E-state index in [1.54, 1.807) is 4.90 Å². The minimum absolute atomic E-state index is 0.323. The molecule has 0 bridgehead atoms. The summed E-state index contributed by atoms with van der Waals surface area (Å²) in [7, 11) is 0. The van der Waals surface area contributed by atoms with Gasteiger partial charge in [0, 0.05) is 18.3 Å². The lowest BCUT2D eigenvalue weighted by Crippen LogP contribution is -2.33. The molecule has 1 heterocycles. The number of hydrogen-bond donors (Lipinski definition) is 0. The number of fused-ring (bicyclic) bond motifs is 1. The highest BCUT2D eigenvalue weighted by atomic mass is 19.4. The molecule has 0 aliphatic carbocycles. The van der Waals surface area contributed by atoms with Gasteiger partial charge in [-0.25, -0.2) is 4.79 Å². The Morgan fingerprint density at radius 2 is 1.78 bits per heavy atom. The molecule has 1 amide bonds. The highest BCUT2D eigenvalue weighted by molar-refractivity contribution is 5.98. The average molecular weight is 375 g/mol. The lowest BCUT2D eigenvalue weighted by Gasteiger charge is -2.16. The molecule has 0 fully saturated rings. The van der Waals surface area contributed by atoms with Crippen LogP contribution in [0.15, 0.2) is 54.6 Å². The van der Waals surface area contributed by atoms with Crippen LogP contribution in [0.3, 0.4) is 0 Å².